The van der Waals surface area contributed by atoms with Gasteiger partial charge in [-0.2, -0.15) is 0 Å². The van der Waals surface area contributed by atoms with Gasteiger partial charge in [0.1, 0.15) is 0 Å². The molecule has 0 aromatic heterocycles. The van der Waals surface area contributed by atoms with E-state index >= 15 is 0 Å². The summed E-state index contributed by atoms with van der Waals surface area (Å²) in [5.41, 5.74) is 18.3. The quantitative estimate of drug-likeness (QED) is 0.156. The molecule has 10 aromatic rings. The van der Waals surface area contributed by atoms with Crippen LogP contribution in [-0.2, 0) is 11.8 Å². The smallest absolute Gasteiger partial charge is 0.0159 e. The summed E-state index contributed by atoms with van der Waals surface area (Å²) in [5, 5.41) is 10.3. The Hall–Kier alpha value is -7.02. The molecule has 61 heavy (non-hydrogen) atoms. The Balaban J connectivity index is 0.00000207. The summed E-state index contributed by atoms with van der Waals surface area (Å²) in [4.78, 5) is 0. The predicted octanol–water partition coefficient (Wildman–Crippen LogP) is 17.3. The summed E-state index contributed by atoms with van der Waals surface area (Å²) in [6.07, 6.45) is 6.86. The molecule has 0 amide bonds. The van der Waals surface area contributed by atoms with Crippen molar-refractivity contribution < 1.29 is 0 Å². The molecule has 0 heteroatoms. The minimum Gasteiger partial charge on any atom is -0.0836 e. The van der Waals surface area contributed by atoms with E-state index in [1.165, 1.54) is 121 Å². The summed E-state index contributed by atoms with van der Waals surface area (Å²) in [6, 6.07) is 68.8. The molecule has 0 spiro atoms. The monoisotopic (exact) mass is 780 g/mol. The summed E-state index contributed by atoms with van der Waals surface area (Å²) in [7, 11) is 0. The van der Waals surface area contributed by atoms with Crippen LogP contribution in [0.3, 0.4) is 0 Å². The van der Waals surface area contributed by atoms with Crippen LogP contribution in [0.2, 0.25) is 0 Å². The first kappa shape index (κ1) is 37.0. The molecule has 0 unspecified atom stereocenters. The lowest BCUT2D eigenvalue weighted by atomic mass is 9.81. The largest absolute Gasteiger partial charge is 0.0836 e. The van der Waals surface area contributed by atoms with Gasteiger partial charge >= 0.3 is 0 Å². The molecule has 0 radical (unpaired) electrons. The Labute approximate surface area is 359 Å². The van der Waals surface area contributed by atoms with E-state index < -0.39 is 0 Å². The van der Waals surface area contributed by atoms with Gasteiger partial charge in [0, 0.05) is 5.41 Å². The first-order chi connectivity index (χ1) is 30.0. The highest BCUT2D eigenvalue weighted by Gasteiger charge is 2.35. The van der Waals surface area contributed by atoms with Gasteiger partial charge in [0.05, 0.1) is 0 Å². The van der Waals surface area contributed by atoms with E-state index in [4.69, 9.17) is 0 Å². The number of hydrogen-bond acceptors (Lipinski definition) is 0. The van der Waals surface area contributed by atoms with Crippen LogP contribution in [0, 0.1) is 0 Å². The van der Waals surface area contributed by atoms with E-state index in [1.54, 1.807) is 0 Å². The van der Waals surface area contributed by atoms with Crippen LogP contribution in [-0.4, -0.2) is 0 Å². The molecule has 292 valence electrons. The van der Waals surface area contributed by atoms with Crippen LogP contribution >= 0.6 is 0 Å². The number of benzene rings is 10. The maximum atomic E-state index is 2.47. The predicted molar refractivity (Wildman–Crippen MR) is 264 cm³/mol. The fraction of sp³-hybridized carbons (Fsp3) is 0.115. The van der Waals surface area contributed by atoms with Crippen LogP contribution in [0.1, 0.15) is 56.4 Å². The molecule has 0 N–H and O–H groups in total. The maximum absolute atomic E-state index is 2.47. The normalized spacial score (nSPS) is 13.5. The third-order valence-electron chi connectivity index (χ3n) is 13.5. The topological polar surface area (TPSA) is 0 Å². The summed E-state index contributed by atoms with van der Waals surface area (Å²) < 4.78 is 0. The standard InChI is InChI=1S/C59H42.C2H6/c1-59(2)57-22-12-11-21-52(57)53-28-27-41(36-58(53)59)44-30-45(55-34-42-15-5-6-16-47(42)48-17-7-8-18-49(48)55)32-46(31-44)56-35-43-26-25-40(33-54(43)50-19-9-10-20-51(50)56)39-24-23-37-13-3-4-14-38(37)29-39;1-2/h3-6,8-16,18-36H,7,17H2,1-2H3;1-2H3. The molecular formula is C61H48. The van der Waals surface area contributed by atoms with Crippen molar-refractivity contribution in [3.63, 3.8) is 0 Å². The summed E-state index contributed by atoms with van der Waals surface area (Å²) in [6.45, 7) is 8.76. The van der Waals surface area contributed by atoms with Crippen molar-refractivity contribution in [3.8, 4) is 55.6 Å². The van der Waals surface area contributed by atoms with Crippen molar-refractivity contribution in [1.29, 1.82) is 0 Å². The van der Waals surface area contributed by atoms with Gasteiger partial charge in [0.25, 0.3) is 0 Å². The molecule has 0 saturated heterocycles. The molecule has 0 heterocycles. The van der Waals surface area contributed by atoms with Crippen molar-refractivity contribution in [2.75, 3.05) is 0 Å². The molecule has 0 fully saturated rings. The molecule has 0 bridgehead atoms. The zero-order valence-electron chi connectivity index (χ0n) is 35.4. The Kier molecular flexibility index (Phi) is 8.87. The highest BCUT2D eigenvalue weighted by atomic mass is 14.4. The lowest BCUT2D eigenvalue weighted by molar-refractivity contribution is 0.660. The van der Waals surface area contributed by atoms with Crippen molar-refractivity contribution in [3.05, 3.63) is 210 Å². The third-order valence-corrected chi connectivity index (χ3v) is 13.5. The van der Waals surface area contributed by atoms with Crippen molar-refractivity contribution in [1.82, 2.24) is 0 Å². The molecule has 0 aliphatic heterocycles. The maximum Gasteiger partial charge on any atom is 0.0159 e. The van der Waals surface area contributed by atoms with E-state index in [1.807, 2.05) is 13.8 Å². The van der Waals surface area contributed by atoms with Gasteiger partial charge < -0.3 is 0 Å². The number of fused-ring (bicyclic) bond motifs is 10. The Morgan fingerprint density at radius 3 is 1.77 bits per heavy atom. The average molecular weight is 781 g/mol. The van der Waals surface area contributed by atoms with Crippen LogP contribution in [0.25, 0.3) is 105 Å². The van der Waals surface area contributed by atoms with Gasteiger partial charge in [0.15, 0.2) is 0 Å². The van der Waals surface area contributed by atoms with E-state index in [2.05, 4.69) is 208 Å². The number of rotatable bonds is 4. The van der Waals surface area contributed by atoms with Crippen molar-refractivity contribution >= 4 is 49.2 Å². The van der Waals surface area contributed by atoms with E-state index in [9.17, 15) is 0 Å². The Morgan fingerprint density at radius 1 is 0.361 bits per heavy atom. The highest BCUT2D eigenvalue weighted by molar-refractivity contribution is 6.15. The number of hydrogen-bond donors (Lipinski definition) is 0. The second-order valence-corrected chi connectivity index (χ2v) is 17.2. The first-order valence-corrected chi connectivity index (χ1v) is 22.0. The zero-order chi connectivity index (χ0) is 41.2. The zero-order valence-corrected chi connectivity index (χ0v) is 35.4. The molecular weight excluding hydrogens is 733 g/mol. The second kappa shape index (κ2) is 14.6. The van der Waals surface area contributed by atoms with Gasteiger partial charge in [-0.05, 0) is 182 Å². The third kappa shape index (κ3) is 6.04. The van der Waals surface area contributed by atoms with Gasteiger partial charge in [-0.15, -0.1) is 0 Å². The van der Waals surface area contributed by atoms with Gasteiger partial charge in [0.2, 0.25) is 0 Å². The van der Waals surface area contributed by atoms with Crippen molar-refractivity contribution in [2.45, 2.75) is 46.0 Å². The Bertz CT molecular complexity index is 3410. The fourth-order valence-corrected chi connectivity index (χ4v) is 10.4. The fourth-order valence-electron chi connectivity index (χ4n) is 10.4. The molecule has 0 nitrogen and oxygen atoms in total. The minimum absolute atomic E-state index is 0.0785. The number of aryl methyl sites for hydroxylation is 1. The van der Waals surface area contributed by atoms with Gasteiger partial charge in [-0.3, -0.25) is 0 Å². The molecule has 0 atom stereocenters. The minimum atomic E-state index is -0.0785. The van der Waals surface area contributed by atoms with E-state index in [0.717, 1.165) is 12.8 Å². The van der Waals surface area contributed by atoms with Gasteiger partial charge in [-0.1, -0.05) is 173 Å². The van der Waals surface area contributed by atoms with Gasteiger partial charge in [-0.25, -0.2) is 0 Å². The highest BCUT2D eigenvalue weighted by Crippen LogP contribution is 2.50. The number of allylic oxidation sites excluding steroid dienone is 1. The summed E-state index contributed by atoms with van der Waals surface area (Å²) >= 11 is 0. The lowest BCUT2D eigenvalue weighted by Crippen LogP contribution is -2.14. The molecule has 0 saturated carbocycles. The van der Waals surface area contributed by atoms with Crippen LogP contribution < -0.4 is 0 Å². The van der Waals surface area contributed by atoms with Crippen LogP contribution in [0.4, 0.5) is 0 Å². The Morgan fingerprint density at radius 2 is 0.934 bits per heavy atom. The van der Waals surface area contributed by atoms with E-state index in [0.29, 0.717) is 0 Å². The lowest BCUT2D eigenvalue weighted by Gasteiger charge is -2.22. The molecule has 2 aliphatic rings. The molecule has 12 rings (SSSR count). The van der Waals surface area contributed by atoms with Crippen molar-refractivity contribution in [2.24, 2.45) is 0 Å². The molecule has 10 aromatic carbocycles. The summed E-state index contributed by atoms with van der Waals surface area (Å²) in [5.74, 6) is 0. The van der Waals surface area contributed by atoms with E-state index in [-0.39, 0.29) is 5.41 Å². The second-order valence-electron chi connectivity index (χ2n) is 17.2. The molecule has 2 aliphatic carbocycles. The first-order valence-electron chi connectivity index (χ1n) is 22.0. The van der Waals surface area contributed by atoms with Crippen LogP contribution in [0.5, 0.6) is 0 Å². The SMILES string of the molecule is CC.CC1(C)c2ccccc2-c2ccc(-c3cc(-c4cc5ccccc5c5c4C=CCC5)cc(-c4cc5ccc(-c6ccc7ccccc7c6)cc5c5ccccc45)c3)cc21. The average Bonchev–Trinajstić information content (AvgIpc) is 3.56. The van der Waals surface area contributed by atoms with Crippen LogP contribution in [0.15, 0.2) is 188 Å².